The predicted molar refractivity (Wildman–Crippen MR) is 103 cm³/mol. The third kappa shape index (κ3) is 4.16. The molecule has 0 aliphatic carbocycles. The zero-order chi connectivity index (χ0) is 19.6. The quantitative estimate of drug-likeness (QED) is 0.748. The van der Waals surface area contributed by atoms with Crippen LogP contribution in [-0.2, 0) is 9.53 Å². The largest absolute Gasteiger partial charge is 0.452 e. The fourth-order valence-corrected chi connectivity index (χ4v) is 3.49. The van der Waals surface area contributed by atoms with Crippen molar-refractivity contribution in [2.24, 2.45) is 0 Å². The molecule has 1 unspecified atom stereocenters. The molecule has 0 radical (unpaired) electrons. The Labute approximate surface area is 164 Å². The number of ether oxygens (including phenoxy) is 1. The smallest absolute Gasteiger partial charge is 0.338 e. The lowest BCUT2D eigenvalue weighted by molar-refractivity contribution is -0.137. The first-order chi connectivity index (χ1) is 12.9. The first kappa shape index (κ1) is 19.4. The number of rotatable bonds is 4. The molecule has 1 aromatic heterocycles. The second-order valence-electron chi connectivity index (χ2n) is 6.95. The van der Waals surface area contributed by atoms with E-state index >= 15 is 0 Å². The molecule has 6 nitrogen and oxygen atoms in total. The van der Waals surface area contributed by atoms with Gasteiger partial charge in [0.05, 0.1) is 27.7 Å². The van der Waals surface area contributed by atoms with Gasteiger partial charge < -0.3 is 9.64 Å². The molecule has 1 saturated heterocycles. The van der Waals surface area contributed by atoms with Crippen LogP contribution < -0.4 is 0 Å². The van der Waals surface area contributed by atoms with Crippen LogP contribution in [0.5, 0.6) is 0 Å². The summed E-state index contributed by atoms with van der Waals surface area (Å²) < 4.78 is 6.94. The summed E-state index contributed by atoms with van der Waals surface area (Å²) in [5.41, 5.74) is 2.79. The zero-order valence-electron chi connectivity index (χ0n) is 15.9. The van der Waals surface area contributed by atoms with Gasteiger partial charge in [-0.2, -0.15) is 5.10 Å². The summed E-state index contributed by atoms with van der Waals surface area (Å²) in [4.78, 5) is 26.3. The summed E-state index contributed by atoms with van der Waals surface area (Å²) in [6.07, 6.45) is 3.14. The van der Waals surface area contributed by atoms with Gasteiger partial charge in [-0.1, -0.05) is 11.6 Å². The topological polar surface area (TPSA) is 64.4 Å². The predicted octanol–water partition coefficient (Wildman–Crippen LogP) is 3.70. The highest BCUT2D eigenvalue weighted by Crippen LogP contribution is 2.22. The molecule has 144 valence electrons. The first-order valence-corrected chi connectivity index (χ1v) is 9.55. The molecular weight excluding hydrogens is 366 g/mol. The summed E-state index contributed by atoms with van der Waals surface area (Å²) in [5, 5.41) is 5.02. The SMILES string of the molecule is Cc1nn(-c2ccc(C(=O)OCC(=O)N3CCCCC3C)cc2)c(C)c1Cl. The molecule has 1 aliphatic heterocycles. The number of benzene rings is 1. The summed E-state index contributed by atoms with van der Waals surface area (Å²) >= 11 is 6.18. The molecule has 1 aliphatic rings. The summed E-state index contributed by atoms with van der Waals surface area (Å²) in [5.74, 6) is -0.643. The van der Waals surface area contributed by atoms with Gasteiger partial charge in [0.25, 0.3) is 5.91 Å². The molecule has 27 heavy (non-hydrogen) atoms. The van der Waals surface area contributed by atoms with E-state index in [-0.39, 0.29) is 18.6 Å². The Kier molecular flexibility index (Phi) is 5.85. The highest BCUT2D eigenvalue weighted by atomic mass is 35.5. The van der Waals surface area contributed by atoms with Gasteiger partial charge in [0.15, 0.2) is 6.61 Å². The molecule has 1 atom stereocenters. The van der Waals surface area contributed by atoms with Crippen molar-refractivity contribution in [3.8, 4) is 5.69 Å². The van der Waals surface area contributed by atoms with Gasteiger partial charge in [0.1, 0.15) is 0 Å². The minimum absolute atomic E-state index is 0.135. The van der Waals surface area contributed by atoms with Crippen LogP contribution in [0.2, 0.25) is 5.02 Å². The minimum atomic E-state index is -0.508. The number of amides is 1. The van der Waals surface area contributed by atoms with Crippen molar-refractivity contribution < 1.29 is 14.3 Å². The number of likely N-dealkylation sites (tertiary alicyclic amines) is 1. The third-order valence-corrected chi connectivity index (χ3v) is 5.55. The van der Waals surface area contributed by atoms with Gasteiger partial charge in [-0.15, -0.1) is 0 Å². The van der Waals surface area contributed by atoms with Crippen molar-refractivity contribution in [2.75, 3.05) is 13.2 Å². The van der Waals surface area contributed by atoms with E-state index in [2.05, 4.69) is 5.10 Å². The number of hydrogen-bond donors (Lipinski definition) is 0. The highest BCUT2D eigenvalue weighted by Gasteiger charge is 2.24. The van der Waals surface area contributed by atoms with E-state index in [4.69, 9.17) is 16.3 Å². The number of hydrogen-bond acceptors (Lipinski definition) is 4. The Morgan fingerprint density at radius 3 is 2.52 bits per heavy atom. The Bertz CT molecular complexity index is 845. The molecule has 0 N–H and O–H groups in total. The van der Waals surface area contributed by atoms with Crippen LogP contribution in [0.3, 0.4) is 0 Å². The molecule has 3 rings (SSSR count). The number of aromatic nitrogens is 2. The lowest BCUT2D eigenvalue weighted by atomic mass is 10.0. The summed E-state index contributed by atoms with van der Waals surface area (Å²) in [6.45, 7) is 6.27. The van der Waals surface area contributed by atoms with Crippen molar-refractivity contribution in [3.63, 3.8) is 0 Å². The first-order valence-electron chi connectivity index (χ1n) is 9.17. The fourth-order valence-electron chi connectivity index (χ4n) is 3.38. The standard InChI is InChI=1S/C20H24ClN3O3/c1-13-6-4-5-11-23(13)18(25)12-27-20(26)16-7-9-17(10-8-16)24-15(3)19(21)14(2)22-24/h7-10,13H,4-6,11-12H2,1-3H3. The molecule has 2 aromatic rings. The van der Waals surface area contributed by atoms with Crippen LogP contribution in [0.25, 0.3) is 5.69 Å². The summed E-state index contributed by atoms with van der Waals surface area (Å²) in [7, 11) is 0. The van der Waals surface area contributed by atoms with Gasteiger partial charge in [0, 0.05) is 12.6 Å². The molecule has 1 fully saturated rings. The van der Waals surface area contributed by atoms with Crippen LogP contribution in [0.15, 0.2) is 24.3 Å². The van der Waals surface area contributed by atoms with Crippen LogP contribution in [0.1, 0.15) is 47.9 Å². The molecule has 1 aromatic carbocycles. The van der Waals surface area contributed by atoms with Gasteiger partial charge in [-0.25, -0.2) is 9.48 Å². The Hall–Kier alpha value is -2.34. The second kappa shape index (κ2) is 8.13. The Morgan fingerprint density at radius 1 is 1.22 bits per heavy atom. The number of esters is 1. The Morgan fingerprint density at radius 2 is 1.93 bits per heavy atom. The van der Waals surface area contributed by atoms with E-state index in [1.807, 2.05) is 20.8 Å². The lowest BCUT2D eigenvalue weighted by Gasteiger charge is -2.33. The van der Waals surface area contributed by atoms with E-state index in [9.17, 15) is 9.59 Å². The average Bonchev–Trinajstić information content (AvgIpc) is 2.93. The van der Waals surface area contributed by atoms with Crippen LogP contribution >= 0.6 is 11.6 Å². The number of piperidine rings is 1. The normalized spacial score (nSPS) is 17.0. The average molecular weight is 390 g/mol. The van der Waals surface area contributed by atoms with E-state index in [1.165, 1.54) is 0 Å². The summed E-state index contributed by atoms with van der Waals surface area (Å²) in [6, 6.07) is 7.09. The van der Waals surface area contributed by atoms with Gasteiger partial charge in [0.2, 0.25) is 0 Å². The highest BCUT2D eigenvalue weighted by molar-refractivity contribution is 6.31. The zero-order valence-corrected chi connectivity index (χ0v) is 16.6. The van der Waals surface area contributed by atoms with Crippen LogP contribution in [-0.4, -0.2) is 45.8 Å². The number of halogens is 1. The van der Waals surface area contributed by atoms with Crippen molar-refractivity contribution in [1.29, 1.82) is 0 Å². The second-order valence-corrected chi connectivity index (χ2v) is 7.33. The minimum Gasteiger partial charge on any atom is -0.452 e. The van der Waals surface area contributed by atoms with E-state index in [1.54, 1.807) is 33.8 Å². The maximum absolute atomic E-state index is 12.3. The number of carbonyl (C=O) groups is 2. The maximum atomic E-state index is 12.3. The van der Waals surface area contributed by atoms with E-state index < -0.39 is 5.97 Å². The van der Waals surface area contributed by atoms with Gasteiger partial charge >= 0.3 is 5.97 Å². The number of aryl methyl sites for hydroxylation is 1. The van der Waals surface area contributed by atoms with Crippen molar-refractivity contribution in [1.82, 2.24) is 14.7 Å². The van der Waals surface area contributed by atoms with Crippen LogP contribution in [0, 0.1) is 13.8 Å². The number of carbonyl (C=O) groups excluding carboxylic acids is 2. The molecule has 2 heterocycles. The Balaban J connectivity index is 1.62. The van der Waals surface area contributed by atoms with Crippen molar-refractivity contribution in [3.05, 3.63) is 46.2 Å². The molecule has 0 bridgehead atoms. The van der Waals surface area contributed by atoms with Gasteiger partial charge in [-0.3, -0.25) is 4.79 Å². The monoisotopic (exact) mass is 389 g/mol. The fraction of sp³-hybridized carbons (Fsp3) is 0.450. The van der Waals surface area contributed by atoms with E-state index in [0.717, 1.165) is 42.9 Å². The van der Waals surface area contributed by atoms with Crippen molar-refractivity contribution >= 4 is 23.5 Å². The third-order valence-electron chi connectivity index (χ3n) is 5.00. The maximum Gasteiger partial charge on any atom is 0.338 e. The molecular formula is C20H24ClN3O3. The molecule has 7 heteroatoms. The lowest BCUT2D eigenvalue weighted by Crippen LogP contribution is -2.44. The van der Waals surface area contributed by atoms with E-state index in [0.29, 0.717) is 10.6 Å². The molecule has 0 spiro atoms. The number of nitrogens with zero attached hydrogens (tertiary/aromatic N) is 3. The van der Waals surface area contributed by atoms with Gasteiger partial charge in [-0.05, 0) is 64.3 Å². The molecule has 1 amide bonds. The molecule has 0 saturated carbocycles. The van der Waals surface area contributed by atoms with Crippen LogP contribution in [0.4, 0.5) is 0 Å². The van der Waals surface area contributed by atoms with Crippen molar-refractivity contribution in [2.45, 2.75) is 46.1 Å².